The number of halogens is 2. The fraction of sp³-hybridized carbons (Fsp3) is 0.0476. The van der Waals surface area contributed by atoms with E-state index in [-0.39, 0.29) is 16.6 Å². The van der Waals surface area contributed by atoms with Crippen LogP contribution in [0.1, 0.15) is 5.56 Å². The minimum Gasteiger partial charge on any atom is -0.449 e. The number of nitrogens with one attached hydrogen (secondary N) is 1. The number of carbonyl (C=O) groups is 1. The van der Waals surface area contributed by atoms with Gasteiger partial charge in [0.25, 0.3) is 5.56 Å². The summed E-state index contributed by atoms with van der Waals surface area (Å²) in [7, 11) is 0. The number of aromatic nitrogens is 4. The van der Waals surface area contributed by atoms with Gasteiger partial charge >= 0.3 is 11.8 Å². The van der Waals surface area contributed by atoms with E-state index in [1.165, 1.54) is 0 Å². The highest BCUT2D eigenvalue weighted by atomic mass is 35.5. The Balaban J connectivity index is 1.84. The lowest BCUT2D eigenvalue weighted by Gasteiger charge is -2.14. The molecule has 0 bridgehead atoms. The highest BCUT2D eigenvalue weighted by Gasteiger charge is 2.18. The monoisotopic (exact) mass is 472 g/mol. The number of hydrogen-bond acceptors (Lipinski definition) is 5. The van der Waals surface area contributed by atoms with E-state index in [1.54, 1.807) is 54.7 Å². The van der Waals surface area contributed by atoms with Gasteiger partial charge in [0.15, 0.2) is 0 Å². The largest absolute Gasteiger partial charge is 0.511 e. The van der Waals surface area contributed by atoms with Gasteiger partial charge in [-0.25, -0.2) is 9.59 Å². The summed E-state index contributed by atoms with van der Waals surface area (Å²) in [5.41, 5.74) is 0.666. The molecule has 0 atom stereocenters. The maximum Gasteiger partial charge on any atom is 0.511 e. The number of hydrogen-bond donors (Lipinski definition) is 2. The van der Waals surface area contributed by atoms with Crippen molar-refractivity contribution in [1.29, 1.82) is 0 Å². The fourth-order valence-electron chi connectivity index (χ4n) is 3.12. The van der Waals surface area contributed by atoms with Crippen molar-refractivity contribution < 1.29 is 14.6 Å². The van der Waals surface area contributed by atoms with E-state index in [2.05, 4.69) is 14.9 Å². The van der Waals surface area contributed by atoms with E-state index in [9.17, 15) is 14.4 Å². The molecule has 9 nitrogen and oxygen atoms in total. The molecule has 0 spiro atoms. The molecule has 4 aromatic rings. The van der Waals surface area contributed by atoms with Crippen molar-refractivity contribution in [2.45, 2.75) is 6.54 Å². The van der Waals surface area contributed by atoms with Gasteiger partial charge in [0, 0.05) is 11.8 Å². The SMILES string of the molecule is O=C(O)Oc1cn(-c2ccc(-c3cc[nH]n3)cc2)c(=O)n(Cc2cccc(Cl)c2Cl)c1=O. The lowest BCUT2D eigenvalue weighted by molar-refractivity contribution is 0.143. The predicted molar refractivity (Wildman–Crippen MR) is 118 cm³/mol. The summed E-state index contributed by atoms with van der Waals surface area (Å²) >= 11 is 12.2. The first-order valence-electron chi connectivity index (χ1n) is 9.16. The van der Waals surface area contributed by atoms with Crippen LogP contribution >= 0.6 is 23.2 Å². The molecule has 0 saturated heterocycles. The van der Waals surface area contributed by atoms with E-state index in [4.69, 9.17) is 28.3 Å². The Hall–Kier alpha value is -3.82. The van der Waals surface area contributed by atoms with E-state index in [0.29, 0.717) is 16.9 Å². The topological polar surface area (TPSA) is 119 Å². The first kappa shape index (κ1) is 21.4. The third kappa shape index (κ3) is 4.16. The minimum absolute atomic E-state index is 0.180. The zero-order valence-electron chi connectivity index (χ0n) is 16.2. The number of nitrogens with zero attached hydrogens (tertiary/aromatic N) is 3. The molecular formula is C21H14Cl2N4O5. The average molecular weight is 473 g/mol. The molecule has 2 heterocycles. The molecular weight excluding hydrogens is 459 g/mol. The molecule has 0 radical (unpaired) electrons. The molecule has 0 aliphatic carbocycles. The third-order valence-electron chi connectivity index (χ3n) is 4.64. The van der Waals surface area contributed by atoms with Gasteiger partial charge < -0.3 is 9.84 Å². The van der Waals surface area contributed by atoms with Gasteiger partial charge in [-0.15, -0.1) is 0 Å². The van der Waals surface area contributed by atoms with Crippen LogP contribution in [0.15, 0.2) is 70.5 Å². The number of ether oxygens (including phenoxy) is 1. The van der Waals surface area contributed by atoms with E-state index in [0.717, 1.165) is 20.9 Å². The van der Waals surface area contributed by atoms with Crippen molar-refractivity contribution in [3.05, 3.63) is 97.4 Å². The molecule has 162 valence electrons. The van der Waals surface area contributed by atoms with Gasteiger partial charge in [0.05, 0.1) is 34.2 Å². The van der Waals surface area contributed by atoms with E-state index >= 15 is 0 Å². The van der Waals surface area contributed by atoms with Gasteiger partial charge in [0.1, 0.15) is 0 Å². The first-order valence-corrected chi connectivity index (χ1v) is 9.91. The van der Waals surface area contributed by atoms with E-state index in [1.807, 2.05) is 0 Å². The minimum atomic E-state index is -1.69. The van der Waals surface area contributed by atoms with Crippen molar-refractivity contribution in [1.82, 2.24) is 19.3 Å². The van der Waals surface area contributed by atoms with Crippen LogP contribution in [-0.2, 0) is 6.54 Å². The van der Waals surface area contributed by atoms with Crippen LogP contribution < -0.4 is 16.0 Å². The summed E-state index contributed by atoms with van der Waals surface area (Å²) < 4.78 is 6.58. The standard InChI is InChI=1S/C21H14Cl2N4O5/c22-15-3-1-2-13(18(15)23)10-27-19(28)17(32-21(30)31)11-26(20(27)29)14-6-4-12(5-7-14)16-8-9-24-25-16/h1-9,11H,10H2,(H,24,25)(H,30,31). The number of rotatable bonds is 5. The Bertz CT molecular complexity index is 1410. The van der Waals surface area contributed by atoms with Crippen molar-refractivity contribution in [2.24, 2.45) is 0 Å². The summed E-state index contributed by atoms with van der Waals surface area (Å²) in [6, 6.07) is 13.3. The lowest BCUT2D eigenvalue weighted by atomic mass is 10.1. The zero-order valence-corrected chi connectivity index (χ0v) is 17.7. The van der Waals surface area contributed by atoms with Crippen molar-refractivity contribution in [2.75, 3.05) is 0 Å². The maximum absolute atomic E-state index is 13.2. The molecule has 0 aliphatic rings. The van der Waals surface area contributed by atoms with Crippen LogP contribution in [-0.4, -0.2) is 30.6 Å². The smallest absolute Gasteiger partial charge is 0.449 e. The van der Waals surface area contributed by atoms with E-state index < -0.39 is 23.2 Å². The zero-order chi connectivity index (χ0) is 22.8. The van der Waals surface area contributed by atoms with Gasteiger partial charge in [0.2, 0.25) is 5.75 Å². The summed E-state index contributed by atoms with van der Waals surface area (Å²) in [6.07, 6.45) is 1.03. The fourth-order valence-corrected chi connectivity index (χ4v) is 3.50. The van der Waals surface area contributed by atoms with Crippen LogP contribution in [0.4, 0.5) is 4.79 Å². The number of carboxylic acid groups (broad SMARTS) is 1. The van der Waals surface area contributed by atoms with Crippen LogP contribution in [0, 0.1) is 0 Å². The van der Waals surface area contributed by atoms with Crippen molar-refractivity contribution in [3.8, 4) is 22.7 Å². The highest BCUT2D eigenvalue weighted by molar-refractivity contribution is 6.42. The Morgan fingerprint density at radius 2 is 1.84 bits per heavy atom. The van der Waals surface area contributed by atoms with Gasteiger partial charge in [-0.3, -0.25) is 19.0 Å². The maximum atomic E-state index is 13.2. The second-order valence-electron chi connectivity index (χ2n) is 6.62. The van der Waals surface area contributed by atoms with Crippen LogP contribution in [0.2, 0.25) is 10.0 Å². The average Bonchev–Trinajstić information content (AvgIpc) is 3.31. The molecule has 0 aliphatic heterocycles. The van der Waals surface area contributed by atoms with Gasteiger partial charge in [-0.2, -0.15) is 5.10 Å². The first-order chi connectivity index (χ1) is 15.3. The molecule has 11 heteroatoms. The molecule has 0 amide bonds. The summed E-state index contributed by atoms with van der Waals surface area (Å²) in [4.78, 5) is 37.1. The molecule has 2 aromatic heterocycles. The molecule has 0 saturated carbocycles. The summed E-state index contributed by atoms with van der Waals surface area (Å²) in [5, 5.41) is 16.3. The molecule has 2 N–H and O–H groups in total. The number of H-pyrrole nitrogens is 1. The normalized spacial score (nSPS) is 10.8. The molecule has 4 rings (SSSR count). The Kier molecular flexibility index (Phi) is 5.85. The molecule has 32 heavy (non-hydrogen) atoms. The number of benzene rings is 2. The second kappa shape index (κ2) is 8.74. The van der Waals surface area contributed by atoms with Gasteiger partial charge in [-0.1, -0.05) is 47.5 Å². The lowest BCUT2D eigenvalue weighted by Crippen LogP contribution is -2.40. The van der Waals surface area contributed by atoms with Gasteiger partial charge in [-0.05, 0) is 29.8 Å². The Morgan fingerprint density at radius 1 is 1.09 bits per heavy atom. The predicted octanol–water partition coefficient (Wildman–Crippen LogP) is 3.80. The van der Waals surface area contributed by atoms with Crippen molar-refractivity contribution in [3.63, 3.8) is 0 Å². The molecule has 0 fully saturated rings. The third-order valence-corrected chi connectivity index (χ3v) is 5.50. The summed E-state index contributed by atoms with van der Waals surface area (Å²) in [6.45, 7) is -0.237. The Morgan fingerprint density at radius 3 is 2.50 bits per heavy atom. The molecule has 0 unspecified atom stereocenters. The quantitative estimate of drug-likeness (QED) is 0.426. The van der Waals surface area contributed by atoms with Crippen LogP contribution in [0.3, 0.4) is 0 Å². The second-order valence-corrected chi connectivity index (χ2v) is 7.41. The molecule has 2 aromatic carbocycles. The van der Waals surface area contributed by atoms with Crippen LogP contribution in [0.5, 0.6) is 5.75 Å². The summed E-state index contributed by atoms with van der Waals surface area (Å²) in [5.74, 6) is -0.536. The number of aromatic amines is 1. The van der Waals surface area contributed by atoms with Crippen molar-refractivity contribution >= 4 is 29.4 Å². The Labute approximate surface area is 190 Å². The highest BCUT2D eigenvalue weighted by Crippen LogP contribution is 2.26. The van der Waals surface area contributed by atoms with Crippen LogP contribution in [0.25, 0.3) is 16.9 Å².